The highest BCUT2D eigenvalue weighted by Crippen LogP contribution is 2.21. The third-order valence-corrected chi connectivity index (χ3v) is 3.68. The van der Waals surface area contributed by atoms with Crippen molar-refractivity contribution in [3.63, 3.8) is 0 Å². The summed E-state index contributed by atoms with van der Waals surface area (Å²) in [6.07, 6.45) is 3.03. The number of rotatable bonds is 7. The molecule has 114 valence electrons. The number of hydrogen-bond acceptors (Lipinski definition) is 3. The molecule has 0 aliphatic heterocycles. The summed E-state index contributed by atoms with van der Waals surface area (Å²) < 4.78 is 13.6. The standard InChI is InChI=1S/C16H22FN3O/c1-3-12(6-7-18)4-5-16(21)20-15-9-13(10-19)8-14(17)11(15)2/h8-9,12H,3-7,18H2,1-2H3,(H,20,21). The van der Waals surface area contributed by atoms with Crippen LogP contribution in [0.2, 0.25) is 0 Å². The zero-order chi connectivity index (χ0) is 15.8. The first-order chi connectivity index (χ1) is 10.0. The Kier molecular flexibility index (Phi) is 6.83. The van der Waals surface area contributed by atoms with Crippen molar-refractivity contribution >= 4 is 11.6 Å². The normalized spacial score (nSPS) is 11.8. The smallest absolute Gasteiger partial charge is 0.224 e. The van der Waals surface area contributed by atoms with E-state index in [9.17, 15) is 9.18 Å². The van der Waals surface area contributed by atoms with Gasteiger partial charge in [0.25, 0.3) is 0 Å². The third-order valence-electron chi connectivity index (χ3n) is 3.68. The molecule has 0 radical (unpaired) electrons. The van der Waals surface area contributed by atoms with E-state index in [2.05, 4.69) is 12.2 Å². The molecule has 1 rings (SSSR count). The van der Waals surface area contributed by atoms with Gasteiger partial charge in [-0.3, -0.25) is 4.79 Å². The summed E-state index contributed by atoms with van der Waals surface area (Å²) in [5.74, 6) is -0.217. The van der Waals surface area contributed by atoms with E-state index in [1.54, 1.807) is 6.92 Å². The van der Waals surface area contributed by atoms with Crippen molar-refractivity contribution in [3.8, 4) is 6.07 Å². The lowest BCUT2D eigenvalue weighted by molar-refractivity contribution is -0.116. The van der Waals surface area contributed by atoms with Crippen LogP contribution in [0.15, 0.2) is 12.1 Å². The molecule has 21 heavy (non-hydrogen) atoms. The fraction of sp³-hybridized carbons (Fsp3) is 0.500. The molecule has 1 amide bonds. The first kappa shape index (κ1) is 17.1. The van der Waals surface area contributed by atoms with E-state index >= 15 is 0 Å². The zero-order valence-electron chi connectivity index (χ0n) is 12.6. The van der Waals surface area contributed by atoms with E-state index in [1.807, 2.05) is 6.07 Å². The first-order valence-corrected chi connectivity index (χ1v) is 7.22. The van der Waals surface area contributed by atoms with Crippen molar-refractivity contribution in [3.05, 3.63) is 29.1 Å². The van der Waals surface area contributed by atoms with Crippen molar-refractivity contribution in [1.82, 2.24) is 0 Å². The Morgan fingerprint density at radius 3 is 2.76 bits per heavy atom. The van der Waals surface area contributed by atoms with Gasteiger partial charge in [-0.1, -0.05) is 13.3 Å². The zero-order valence-corrected chi connectivity index (χ0v) is 12.6. The lowest BCUT2D eigenvalue weighted by Crippen LogP contribution is -2.16. The SMILES string of the molecule is CCC(CCN)CCC(=O)Nc1cc(C#N)cc(F)c1C. The van der Waals surface area contributed by atoms with Gasteiger partial charge < -0.3 is 11.1 Å². The maximum atomic E-state index is 13.6. The van der Waals surface area contributed by atoms with E-state index in [4.69, 9.17) is 11.0 Å². The van der Waals surface area contributed by atoms with Gasteiger partial charge in [0.15, 0.2) is 0 Å². The molecule has 0 saturated carbocycles. The lowest BCUT2D eigenvalue weighted by atomic mass is 9.96. The summed E-state index contributed by atoms with van der Waals surface area (Å²) >= 11 is 0. The molecule has 3 N–H and O–H groups in total. The molecule has 5 heteroatoms. The van der Waals surface area contributed by atoms with E-state index in [1.165, 1.54) is 12.1 Å². The summed E-state index contributed by atoms with van der Waals surface area (Å²) in [5, 5.41) is 11.5. The van der Waals surface area contributed by atoms with Crippen molar-refractivity contribution in [2.75, 3.05) is 11.9 Å². The molecule has 1 unspecified atom stereocenters. The highest BCUT2D eigenvalue weighted by Gasteiger charge is 2.12. The maximum Gasteiger partial charge on any atom is 0.224 e. The van der Waals surface area contributed by atoms with Crippen LogP contribution in [0.5, 0.6) is 0 Å². The minimum absolute atomic E-state index is 0.164. The van der Waals surface area contributed by atoms with Crippen LogP contribution in [0.4, 0.5) is 10.1 Å². The van der Waals surface area contributed by atoms with Crippen LogP contribution in [0.3, 0.4) is 0 Å². The van der Waals surface area contributed by atoms with Gasteiger partial charge in [-0.25, -0.2) is 4.39 Å². The second-order valence-corrected chi connectivity index (χ2v) is 5.18. The summed E-state index contributed by atoms with van der Waals surface area (Å²) in [6.45, 7) is 4.28. The quantitative estimate of drug-likeness (QED) is 0.810. The van der Waals surface area contributed by atoms with Crippen LogP contribution in [-0.4, -0.2) is 12.5 Å². The lowest BCUT2D eigenvalue weighted by Gasteiger charge is -2.14. The molecular weight excluding hydrogens is 269 g/mol. The Hall–Kier alpha value is -1.93. The van der Waals surface area contributed by atoms with Gasteiger partial charge in [-0.2, -0.15) is 5.26 Å². The molecule has 4 nitrogen and oxygen atoms in total. The van der Waals surface area contributed by atoms with E-state index in [-0.39, 0.29) is 11.5 Å². The number of nitriles is 1. The summed E-state index contributed by atoms with van der Waals surface area (Å²) in [5.41, 5.74) is 6.44. The number of amides is 1. The minimum atomic E-state index is -0.487. The molecule has 0 saturated heterocycles. The van der Waals surface area contributed by atoms with Crippen LogP contribution in [0, 0.1) is 30.0 Å². The molecule has 0 aromatic heterocycles. The second kappa shape index (κ2) is 8.38. The Morgan fingerprint density at radius 1 is 1.48 bits per heavy atom. The van der Waals surface area contributed by atoms with Gasteiger partial charge in [0.1, 0.15) is 5.82 Å². The fourth-order valence-corrected chi connectivity index (χ4v) is 2.21. The Morgan fingerprint density at radius 2 is 2.19 bits per heavy atom. The minimum Gasteiger partial charge on any atom is -0.330 e. The Bertz CT molecular complexity index is 537. The molecule has 1 aromatic rings. The number of carbonyl (C=O) groups is 1. The molecule has 0 heterocycles. The Labute approximate surface area is 125 Å². The molecule has 1 atom stereocenters. The van der Waals surface area contributed by atoms with Gasteiger partial charge in [0, 0.05) is 17.7 Å². The third kappa shape index (κ3) is 5.16. The predicted octanol–water partition coefficient (Wildman–Crippen LogP) is 3.10. The Balaban J connectivity index is 2.67. The highest BCUT2D eigenvalue weighted by molar-refractivity contribution is 5.91. The molecular formula is C16H22FN3O. The number of carbonyl (C=O) groups excluding carboxylic acids is 1. The van der Waals surface area contributed by atoms with Crippen LogP contribution < -0.4 is 11.1 Å². The van der Waals surface area contributed by atoms with Crippen molar-refractivity contribution < 1.29 is 9.18 Å². The van der Waals surface area contributed by atoms with Crippen molar-refractivity contribution in [2.24, 2.45) is 11.7 Å². The summed E-state index contributed by atoms with van der Waals surface area (Å²) in [4.78, 5) is 12.0. The monoisotopic (exact) mass is 291 g/mol. The number of anilines is 1. The number of nitrogens with two attached hydrogens (primary N) is 1. The summed E-state index contributed by atoms with van der Waals surface area (Å²) in [6, 6.07) is 4.54. The number of benzene rings is 1. The topological polar surface area (TPSA) is 78.9 Å². The average molecular weight is 291 g/mol. The number of nitrogens with zero attached hydrogens (tertiary/aromatic N) is 1. The average Bonchev–Trinajstić information content (AvgIpc) is 2.47. The van der Waals surface area contributed by atoms with Crippen LogP contribution in [0.25, 0.3) is 0 Å². The molecule has 1 aromatic carbocycles. The molecule has 0 spiro atoms. The number of nitrogens with one attached hydrogen (secondary N) is 1. The predicted molar refractivity (Wildman–Crippen MR) is 81.2 cm³/mol. The van der Waals surface area contributed by atoms with Crippen LogP contribution in [-0.2, 0) is 4.79 Å². The van der Waals surface area contributed by atoms with Gasteiger partial charge in [-0.15, -0.1) is 0 Å². The molecule has 0 fully saturated rings. The largest absolute Gasteiger partial charge is 0.330 e. The van der Waals surface area contributed by atoms with E-state index < -0.39 is 5.82 Å². The highest BCUT2D eigenvalue weighted by atomic mass is 19.1. The first-order valence-electron chi connectivity index (χ1n) is 7.22. The van der Waals surface area contributed by atoms with Gasteiger partial charge in [0.2, 0.25) is 5.91 Å². The van der Waals surface area contributed by atoms with Crippen molar-refractivity contribution in [1.29, 1.82) is 5.26 Å². The number of hydrogen-bond donors (Lipinski definition) is 2. The molecule has 0 aliphatic carbocycles. The van der Waals surface area contributed by atoms with E-state index in [0.717, 1.165) is 19.3 Å². The van der Waals surface area contributed by atoms with Gasteiger partial charge in [-0.05, 0) is 44.4 Å². The molecule has 0 bridgehead atoms. The second-order valence-electron chi connectivity index (χ2n) is 5.18. The summed E-state index contributed by atoms with van der Waals surface area (Å²) in [7, 11) is 0. The van der Waals surface area contributed by atoms with Crippen molar-refractivity contribution in [2.45, 2.75) is 39.5 Å². The van der Waals surface area contributed by atoms with Gasteiger partial charge >= 0.3 is 0 Å². The maximum absolute atomic E-state index is 13.6. The molecule has 0 aliphatic rings. The van der Waals surface area contributed by atoms with E-state index in [0.29, 0.717) is 30.1 Å². The van der Waals surface area contributed by atoms with Crippen LogP contribution in [0.1, 0.15) is 43.7 Å². The van der Waals surface area contributed by atoms with Crippen LogP contribution >= 0.6 is 0 Å². The fourth-order valence-electron chi connectivity index (χ4n) is 2.21. The number of halogens is 1. The van der Waals surface area contributed by atoms with Gasteiger partial charge in [0.05, 0.1) is 11.6 Å².